The number of aromatic amines is 1. The van der Waals surface area contributed by atoms with Gasteiger partial charge in [0.2, 0.25) is 5.78 Å². The zero-order chi connectivity index (χ0) is 17.1. The van der Waals surface area contributed by atoms with Crippen LogP contribution in [0, 0.1) is 18.3 Å². The van der Waals surface area contributed by atoms with Gasteiger partial charge in [0.25, 0.3) is 0 Å². The van der Waals surface area contributed by atoms with Crippen molar-refractivity contribution in [1.29, 1.82) is 5.26 Å². The molecule has 0 saturated carbocycles. The molecule has 0 spiro atoms. The fraction of sp³-hybridized carbons (Fsp3) is 0.100. The van der Waals surface area contributed by atoms with Crippen molar-refractivity contribution in [3.63, 3.8) is 0 Å². The van der Waals surface area contributed by atoms with Crippen LogP contribution in [-0.2, 0) is 0 Å². The molecule has 24 heavy (non-hydrogen) atoms. The Morgan fingerprint density at radius 1 is 1.17 bits per heavy atom. The first-order chi connectivity index (χ1) is 11.6. The average molecular weight is 316 g/mol. The molecule has 0 radical (unpaired) electrons. The van der Waals surface area contributed by atoms with Gasteiger partial charge in [-0.25, -0.2) is 0 Å². The summed E-state index contributed by atoms with van der Waals surface area (Å²) >= 11 is 0. The molecule has 0 aliphatic rings. The molecule has 1 aromatic heterocycles. The van der Waals surface area contributed by atoms with Crippen molar-refractivity contribution >= 4 is 22.8 Å². The van der Waals surface area contributed by atoms with E-state index in [1.807, 2.05) is 49.4 Å². The van der Waals surface area contributed by atoms with Gasteiger partial charge in [-0.1, -0.05) is 30.3 Å². The minimum absolute atomic E-state index is 0.105. The van der Waals surface area contributed by atoms with Gasteiger partial charge in [-0.3, -0.25) is 4.79 Å². The molecule has 4 heteroatoms. The molecule has 3 aromatic rings. The Morgan fingerprint density at radius 2 is 1.88 bits per heavy atom. The van der Waals surface area contributed by atoms with Crippen LogP contribution >= 0.6 is 0 Å². The van der Waals surface area contributed by atoms with E-state index in [0.29, 0.717) is 5.56 Å². The topological polar surface area (TPSA) is 65.9 Å². The average Bonchev–Trinajstić information content (AvgIpc) is 2.95. The van der Waals surface area contributed by atoms with E-state index in [2.05, 4.69) is 4.98 Å². The van der Waals surface area contributed by atoms with Crippen LogP contribution in [0.4, 0.5) is 0 Å². The summed E-state index contributed by atoms with van der Waals surface area (Å²) in [5.41, 5.74) is 3.08. The van der Waals surface area contributed by atoms with E-state index in [4.69, 9.17) is 4.74 Å². The number of aromatic nitrogens is 1. The number of benzene rings is 2. The number of H-pyrrole nitrogens is 1. The van der Waals surface area contributed by atoms with Crippen molar-refractivity contribution in [3.05, 3.63) is 70.9 Å². The number of carbonyl (C=O) groups is 1. The highest BCUT2D eigenvalue weighted by Crippen LogP contribution is 2.25. The maximum Gasteiger partial charge on any atom is 0.205 e. The van der Waals surface area contributed by atoms with E-state index in [1.54, 1.807) is 25.3 Å². The van der Waals surface area contributed by atoms with Gasteiger partial charge in [0.05, 0.1) is 12.7 Å². The van der Waals surface area contributed by atoms with Gasteiger partial charge in [0, 0.05) is 16.6 Å². The Balaban J connectivity index is 2.03. The molecule has 0 fully saturated rings. The number of nitrogens with one attached hydrogen (secondary N) is 1. The second-order valence-corrected chi connectivity index (χ2v) is 5.44. The first-order valence-electron chi connectivity index (χ1n) is 7.52. The van der Waals surface area contributed by atoms with Crippen LogP contribution < -0.4 is 4.74 Å². The molecule has 0 amide bonds. The maximum atomic E-state index is 12.9. The summed E-state index contributed by atoms with van der Waals surface area (Å²) in [5.74, 6) is 0.452. The van der Waals surface area contributed by atoms with Gasteiger partial charge in [-0.15, -0.1) is 0 Å². The van der Waals surface area contributed by atoms with E-state index in [9.17, 15) is 10.1 Å². The highest BCUT2D eigenvalue weighted by atomic mass is 16.5. The molecule has 0 aliphatic heterocycles. The number of Topliss-reactive ketones (excluding diaryl/α,β-unsaturated/α-hetero) is 1. The molecule has 1 heterocycles. The third-order valence-corrected chi connectivity index (χ3v) is 3.91. The standard InChI is InChI=1S/C20H16N2O2/c1-13-19(17-5-3-4-6-18(17)22-13)20(23)15(12-21)11-14-7-9-16(24-2)10-8-14/h3-11,22H,1-2H3. The van der Waals surface area contributed by atoms with E-state index in [0.717, 1.165) is 27.9 Å². The number of ether oxygens (including phenoxy) is 1. The van der Waals surface area contributed by atoms with E-state index < -0.39 is 0 Å². The summed E-state index contributed by atoms with van der Waals surface area (Å²) in [7, 11) is 1.59. The molecule has 1 N–H and O–H groups in total. The Hall–Kier alpha value is -3.32. The van der Waals surface area contributed by atoms with E-state index in [-0.39, 0.29) is 11.4 Å². The third kappa shape index (κ3) is 2.80. The van der Waals surface area contributed by atoms with E-state index >= 15 is 0 Å². The van der Waals surface area contributed by atoms with Gasteiger partial charge < -0.3 is 9.72 Å². The molecule has 118 valence electrons. The van der Waals surface area contributed by atoms with Crippen LogP contribution in [0.1, 0.15) is 21.6 Å². The smallest absolute Gasteiger partial charge is 0.205 e. The van der Waals surface area contributed by atoms with Crippen molar-refractivity contribution in [1.82, 2.24) is 4.98 Å². The number of hydrogen-bond donors (Lipinski definition) is 1. The van der Waals surface area contributed by atoms with Crippen LogP contribution in [0.2, 0.25) is 0 Å². The number of ketones is 1. The van der Waals surface area contributed by atoms with Crippen LogP contribution in [0.25, 0.3) is 17.0 Å². The lowest BCUT2D eigenvalue weighted by Crippen LogP contribution is -2.03. The number of aryl methyl sites for hydroxylation is 1. The van der Waals surface area contributed by atoms with Crippen LogP contribution in [-0.4, -0.2) is 17.9 Å². The fourth-order valence-corrected chi connectivity index (χ4v) is 2.72. The fourth-order valence-electron chi connectivity index (χ4n) is 2.72. The predicted octanol–water partition coefficient (Wildman–Crippen LogP) is 4.27. The lowest BCUT2D eigenvalue weighted by molar-refractivity contribution is 0.104. The summed E-state index contributed by atoms with van der Waals surface area (Å²) in [4.78, 5) is 16.1. The number of methoxy groups -OCH3 is 1. The van der Waals surface area contributed by atoms with Gasteiger partial charge >= 0.3 is 0 Å². The number of para-hydroxylation sites is 1. The van der Waals surface area contributed by atoms with Crippen LogP contribution in [0.15, 0.2) is 54.1 Å². The first kappa shape index (κ1) is 15.6. The molecule has 2 aromatic carbocycles. The lowest BCUT2D eigenvalue weighted by atomic mass is 9.99. The number of hydrogen-bond acceptors (Lipinski definition) is 3. The lowest BCUT2D eigenvalue weighted by Gasteiger charge is -2.02. The molecule has 3 rings (SSSR count). The van der Waals surface area contributed by atoms with Crippen molar-refractivity contribution in [2.24, 2.45) is 0 Å². The number of nitrogens with zero attached hydrogens (tertiary/aromatic N) is 1. The Bertz CT molecular complexity index is 973. The number of nitriles is 1. The molecular weight excluding hydrogens is 300 g/mol. The Labute approximate surface area is 140 Å². The monoisotopic (exact) mass is 316 g/mol. The Morgan fingerprint density at radius 3 is 2.54 bits per heavy atom. The second kappa shape index (κ2) is 6.43. The predicted molar refractivity (Wildman–Crippen MR) is 94.0 cm³/mol. The summed E-state index contributed by atoms with van der Waals surface area (Å²) in [5, 5.41) is 10.3. The number of carbonyl (C=O) groups excluding carboxylic acids is 1. The van der Waals surface area contributed by atoms with Crippen molar-refractivity contribution in [3.8, 4) is 11.8 Å². The second-order valence-electron chi connectivity index (χ2n) is 5.44. The third-order valence-electron chi connectivity index (χ3n) is 3.91. The van der Waals surface area contributed by atoms with Gasteiger partial charge in [-0.05, 0) is 36.8 Å². The number of rotatable bonds is 4. The zero-order valence-corrected chi connectivity index (χ0v) is 13.5. The van der Waals surface area contributed by atoms with Gasteiger partial charge in [-0.2, -0.15) is 5.26 Å². The van der Waals surface area contributed by atoms with Crippen molar-refractivity contribution < 1.29 is 9.53 Å². The normalized spacial score (nSPS) is 11.3. The van der Waals surface area contributed by atoms with E-state index in [1.165, 1.54) is 0 Å². The SMILES string of the molecule is COc1ccc(C=C(C#N)C(=O)c2c(C)[nH]c3ccccc23)cc1. The largest absolute Gasteiger partial charge is 0.497 e. The molecule has 0 aliphatic carbocycles. The quantitative estimate of drug-likeness (QED) is 0.444. The molecule has 4 nitrogen and oxygen atoms in total. The molecular formula is C20H16N2O2. The first-order valence-corrected chi connectivity index (χ1v) is 7.52. The van der Waals surface area contributed by atoms with Gasteiger partial charge in [0.15, 0.2) is 0 Å². The molecule has 0 atom stereocenters. The maximum absolute atomic E-state index is 12.9. The van der Waals surface area contributed by atoms with Gasteiger partial charge in [0.1, 0.15) is 17.4 Å². The number of fused-ring (bicyclic) bond motifs is 1. The van der Waals surface area contributed by atoms with Crippen LogP contribution in [0.5, 0.6) is 5.75 Å². The van der Waals surface area contributed by atoms with Crippen LogP contribution in [0.3, 0.4) is 0 Å². The molecule has 0 saturated heterocycles. The summed E-state index contributed by atoms with van der Waals surface area (Å²) in [6, 6.07) is 16.8. The number of allylic oxidation sites excluding steroid dienone is 1. The molecule has 0 unspecified atom stereocenters. The highest BCUT2D eigenvalue weighted by molar-refractivity contribution is 6.20. The highest BCUT2D eigenvalue weighted by Gasteiger charge is 2.19. The Kier molecular flexibility index (Phi) is 4.17. The summed E-state index contributed by atoms with van der Waals surface area (Å²) < 4.78 is 5.11. The summed E-state index contributed by atoms with van der Waals surface area (Å²) in [6.45, 7) is 1.84. The molecule has 0 bridgehead atoms. The zero-order valence-electron chi connectivity index (χ0n) is 13.5. The summed E-state index contributed by atoms with van der Waals surface area (Å²) in [6.07, 6.45) is 1.60. The van der Waals surface area contributed by atoms with Crippen molar-refractivity contribution in [2.45, 2.75) is 6.92 Å². The minimum Gasteiger partial charge on any atom is -0.497 e. The van der Waals surface area contributed by atoms with Crippen molar-refractivity contribution in [2.75, 3.05) is 7.11 Å². The minimum atomic E-state index is -0.275.